The smallest absolute Gasteiger partial charge is 0.265 e. The fourth-order valence-electron chi connectivity index (χ4n) is 0.788. The molecule has 0 bridgehead atoms. The minimum Gasteiger partial charge on any atom is -0.480 e. The number of hydrogen-bond acceptors (Lipinski definition) is 2. The maximum absolute atomic E-state index is 12.4. The van der Waals surface area contributed by atoms with Crippen LogP contribution in [0.25, 0.3) is 0 Å². The second kappa shape index (κ2) is 4.50. The number of rotatable bonds is 2. The van der Waals surface area contributed by atoms with Crippen molar-refractivity contribution in [2.45, 2.75) is 6.43 Å². The molecule has 0 aromatic carbocycles. The van der Waals surface area contributed by atoms with Crippen LogP contribution < -0.4 is 4.74 Å². The van der Waals surface area contributed by atoms with Crippen LogP contribution in [0.1, 0.15) is 12.0 Å². The zero-order chi connectivity index (χ0) is 10.0. The first kappa shape index (κ1) is 11.1. The molecule has 13 heavy (non-hydrogen) atoms. The van der Waals surface area contributed by atoms with Gasteiger partial charge >= 0.3 is 0 Å². The Kier molecular flexibility index (Phi) is 3.84. The number of halogens is 4. The summed E-state index contributed by atoms with van der Waals surface area (Å²) in [6.07, 6.45) is -2.53. The molecule has 0 amide bonds. The number of hydrogen-bond donors (Lipinski definition) is 0. The maximum atomic E-state index is 12.4. The fraction of sp³-hybridized carbons (Fsp3) is 0.286. The van der Waals surface area contributed by atoms with Crippen molar-refractivity contribution in [2.24, 2.45) is 0 Å². The highest BCUT2D eigenvalue weighted by molar-refractivity contribution is 14.1. The van der Waals surface area contributed by atoms with Gasteiger partial charge in [0.15, 0.2) is 0 Å². The molecule has 0 saturated carbocycles. The van der Waals surface area contributed by atoms with Gasteiger partial charge in [0.2, 0.25) is 5.88 Å². The van der Waals surface area contributed by atoms with E-state index in [1.165, 1.54) is 13.2 Å². The lowest BCUT2D eigenvalue weighted by Crippen LogP contribution is -1.96. The third-order valence-corrected chi connectivity index (χ3v) is 2.70. The van der Waals surface area contributed by atoms with Crippen LogP contribution in [0.4, 0.5) is 8.78 Å². The molecule has 0 radical (unpaired) electrons. The molecular weight excluding hydrogens is 359 g/mol. The first-order valence-corrected chi connectivity index (χ1v) is 5.11. The van der Waals surface area contributed by atoms with E-state index in [0.717, 1.165) is 0 Å². The van der Waals surface area contributed by atoms with E-state index in [1.807, 2.05) is 22.6 Å². The van der Waals surface area contributed by atoms with Gasteiger partial charge in [-0.05, 0) is 44.6 Å². The Morgan fingerprint density at radius 1 is 1.62 bits per heavy atom. The summed E-state index contributed by atoms with van der Waals surface area (Å²) in [5, 5.41) is 0. The van der Waals surface area contributed by atoms with Crippen LogP contribution in [0.2, 0.25) is 0 Å². The lowest BCUT2D eigenvalue weighted by molar-refractivity contribution is 0.149. The van der Waals surface area contributed by atoms with E-state index >= 15 is 0 Å². The highest BCUT2D eigenvalue weighted by atomic mass is 127. The number of alkyl halides is 2. The average Bonchev–Trinajstić information content (AvgIpc) is 2.08. The summed E-state index contributed by atoms with van der Waals surface area (Å²) in [7, 11) is 1.39. The summed E-state index contributed by atoms with van der Waals surface area (Å²) < 4.78 is 30.3. The fourth-order valence-corrected chi connectivity index (χ4v) is 1.88. The van der Waals surface area contributed by atoms with Gasteiger partial charge in [0, 0.05) is 5.56 Å². The molecule has 0 aliphatic rings. The number of pyridine rings is 1. The van der Waals surface area contributed by atoms with Crippen LogP contribution in [0.15, 0.2) is 10.5 Å². The standard InChI is InChI=1S/C7H5BrF2INO/c1-13-7-5(8)3(6(9)10)2-4(11)12-7/h2,6H,1H3. The molecule has 0 unspecified atom stereocenters. The van der Waals surface area contributed by atoms with Crippen LogP contribution in [-0.2, 0) is 0 Å². The minimum absolute atomic E-state index is 0.101. The van der Waals surface area contributed by atoms with Gasteiger partial charge in [-0.25, -0.2) is 13.8 Å². The van der Waals surface area contributed by atoms with Crippen LogP contribution in [0.3, 0.4) is 0 Å². The van der Waals surface area contributed by atoms with Crippen molar-refractivity contribution in [3.63, 3.8) is 0 Å². The van der Waals surface area contributed by atoms with Gasteiger partial charge in [0.1, 0.15) is 3.70 Å². The van der Waals surface area contributed by atoms with Gasteiger partial charge in [-0.15, -0.1) is 0 Å². The molecule has 2 nitrogen and oxygen atoms in total. The minimum atomic E-state index is -2.53. The van der Waals surface area contributed by atoms with Crippen molar-refractivity contribution in [3.8, 4) is 5.88 Å². The van der Waals surface area contributed by atoms with Crippen LogP contribution in [-0.4, -0.2) is 12.1 Å². The van der Waals surface area contributed by atoms with E-state index in [-0.39, 0.29) is 15.9 Å². The van der Waals surface area contributed by atoms with E-state index in [2.05, 4.69) is 20.9 Å². The summed E-state index contributed by atoms with van der Waals surface area (Å²) >= 11 is 4.86. The van der Waals surface area contributed by atoms with Crippen molar-refractivity contribution in [3.05, 3.63) is 19.8 Å². The Morgan fingerprint density at radius 3 is 2.69 bits per heavy atom. The van der Waals surface area contributed by atoms with Crippen LogP contribution >= 0.6 is 38.5 Å². The quantitative estimate of drug-likeness (QED) is 0.593. The molecule has 0 aliphatic carbocycles. The average molecular weight is 364 g/mol. The molecular formula is C7H5BrF2INO. The topological polar surface area (TPSA) is 22.1 Å². The third kappa shape index (κ3) is 2.49. The molecule has 1 aromatic heterocycles. The Hall–Kier alpha value is 0.0200. The molecule has 6 heteroatoms. The zero-order valence-electron chi connectivity index (χ0n) is 6.52. The lowest BCUT2D eigenvalue weighted by atomic mass is 10.3. The number of nitrogens with zero attached hydrogens (tertiary/aromatic N) is 1. The molecule has 1 heterocycles. The van der Waals surface area contributed by atoms with E-state index < -0.39 is 6.43 Å². The SMILES string of the molecule is COc1nc(I)cc(C(F)F)c1Br. The molecule has 0 saturated heterocycles. The van der Waals surface area contributed by atoms with Gasteiger partial charge in [-0.3, -0.25) is 0 Å². The largest absolute Gasteiger partial charge is 0.480 e. The highest BCUT2D eigenvalue weighted by Crippen LogP contribution is 2.34. The third-order valence-electron chi connectivity index (χ3n) is 1.35. The Balaban J connectivity index is 3.27. The van der Waals surface area contributed by atoms with E-state index in [0.29, 0.717) is 3.70 Å². The highest BCUT2D eigenvalue weighted by Gasteiger charge is 2.17. The predicted octanol–water partition coefficient (Wildman–Crippen LogP) is 3.39. The normalized spacial score (nSPS) is 10.6. The Morgan fingerprint density at radius 2 is 2.23 bits per heavy atom. The van der Waals surface area contributed by atoms with Gasteiger partial charge in [0.25, 0.3) is 6.43 Å². The van der Waals surface area contributed by atoms with E-state index in [9.17, 15) is 8.78 Å². The van der Waals surface area contributed by atoms with Crippen molar-refractivity contribution >= 4 is 38.5 Å². The molecule has 0 N–H and O–H groups in total. The van der Waals surface area contributed by atoms with Crippen molar-refractivity contribution in [2.75, 3.05) is 7.11 Å². The van der Waals surface area contributed by atoms with E-state index in [4.69, 9.17) is 4.74 Å². The summed E-state index contributed by atoms with van der Waals surface area (Å²) in [4.78, 5) is 3.92. The van der Waals surface area contributed by atoms with Gasteiger partial charge in [-0.2, -0.15) is 0 Å². The van der Waals surface area contributed by atoms with Crippen molar-refractivity contribution < 1.29 is 13.5 Å². The molecule has 0 spiro atoms. The lowest BCUT2D eigenvalue weighted by Gasteiger charge is -2.07. The summed E-state index contributed by atoms with van der Waals surface area (Å²) in [5.74, 6) is 0.183. The second-order valence-electron chi connectivity index (χ2n) is 2.16. The second-order valence-corrected chi connectivity index (χ2v) is 4.06. The predicted molar refractivity (Wildman–Crippen MR) is 56.2 cm³/mol. The molecule has 0 aliphatic heterocycles. The number of methoxy groups -OCH3 is 1. The van der Waals surface area contributed by atoms with Gasteiger partial charge in [0.05, 0.1) is 11.6 Å². The molecule has 72 valence electrons. The molecule has 1 aromatic rings. The van der Waals surface area contributed by atoms with Crippen LogP contribution in [0, 0.1) is 3.70 Å². The zero-order valence-corrected chi connectivity index (χ0v) is 10.3. The van der Waals surface area contributed by atoms with E-state index in [1.54, 1.807) is 0 Å². The van der Waals surface area contributed by atoms with Crippen molar-refractivity contribution in [1.82, 2.24) is 4.98 Å². The Bertz CT molecular complexity index is 322. The summed E-state index contributed by atoms with van der Waals surface area (Å²) in [5.41, 5.74) is -0.101. The van der Waals surface area contributed by atoms with Gasteiger partial charge in [-0.1, -0.05) is 0 Å². The molecule has 1 rings (SSSR count). The van der Waals surface area contributed by atoms with Crippen molar-refractivity contribution in [1.29, 1.82) is 0 Å². The number of ether oxygens (including phenoxy) is 1. The number of aromatic nitrogens is 1. The van der Waals surface area contributed by atoms with Crippen LogP contribution in [0.5, 0.6) is 5.88 Å². The van der Waals surface area contributed by atoms with Gasteiger partial charge < -0.3 is 4.74 Å². The molecule has 0 atom stereocenters. The first-order chi connectivity index (χ1) is 6.06. The Labute approximate surface area is 96.0 Å². The maximum Gasteiger partial charge on any atom is 0.265 e. The monoisotopic (exact) mass is 363 g/mol. The summed E-state index contributed by atoms with van der Waals surface area (Å²) in [6, 6.07) is 1.32. The summed E-state index contributed by atoms with van der Waals surface area (Å²) in [6.45, 7) is 0. The molecule has 0 fully saturated rings. The first-order valence-electron chi connectivity index (χ1n) is 3.24.